The summed E-state index contributed by atoms with van der Waals surface area (Å²) in [6.07, 6.45) is 2.99. The van der Waals surface area contributed by atoms with Crippen LogP contribution in [0.3, 0.4) is 0 Å². The lowest BCUT2D eigenvalue weighted by molar-refractivity contribution is -0.119. The average Bonchev–Trinajstić information content (AvgIpc) is 3.14. The van der Waals surface area contributed by atoms with Crippen LogP contribution in [-0.2, 0) is 4.79 Å². The number of aromatic amines is 1. The van der Waals surface area contributed by atoms with E-state index < -0.39 is 0 Å². The molecule has 3 aromatic rings. The van der Waals surface area contributed by atoms with Crippen molar-refractivity contribution in [3.05, 3.63) is 48.0 Å². The van der Waals surface area contributed by atoms with Gasteiger partial charge in [-0.1, -0.05) is 38.1 Å². The molecule has 1 unspecified atom stereocenters. The van der Waals surface area contributed by atoms with Gasteiger partial charge in [-0.05, 0) is 17.0 Å². The third kappa shape index (κ3) is 6.03. The summed E-state index contributed by atoms with van der Waals surface area (Å²) < 4.78 is 0. The number of halogens is 2. The number of nitrogens with two attached hydrogens (primary N) is 1. The fourth-order valence-electron chi connectivity index (χ4n) is 2.86. The number of nitrogens with zero attached hydrogens (tertiary/aromatic N) is 4. The van der Waals surface area contributed by atoms with Gasteiger partial charge in [0, 0.05) is 19.6 Å². The van der Waals surface area contributed by atoms with Crippen LogP contribution in [0.1, 0.15) is 36.9 Å². The summed E-state index contributed by atoms with van der Waals surface area (Å²) >= 11 is 0. The predicted octanol–water partition coefficient (Wildman–Crippen LogP) is 2.57. The number of carbonyl (C=O) groups excluding carboxylic acids is 1. The molecule has 0 spiro atoms. The summed E-state index contributed by atoms with van der Waals surface area (Å²) in [5.74, 6) is 0.980. The van der Waals surface area contributed by atoms with E-state index in [1.807, 2.05) is 12.1 Å². The zero-order valence-corrected chi connectivity index (χ0v) is 18.3. The molecule has 0 aliphatic heterocycles. The molecule has 2 heterocycles. The number of fused-ring (bicyclic) bond motifs is 1. The predicted molar refractivity (Wildman–Crippen MR) is 120 cm³/mol. The summed E-state index contributed by atoms with van der Waals surface area (Å²) in [4.78, 5) is 29.5. The molecule has 0 bridgehead atoms. The molecule has 3 rings (SSSR count). The average molecular weight is 440 g/mol. The van der Waals surface area contributed by atoms with Crippen LogP contribution < -0.4 is 16.0 Å². The van der Waals surface area contributed by atoms with Crippen molar-refractivity contribution in [3.8, 4) is 0 Å². The van der Waals surface area contributed by atoms with Crippen LogP contribution in [0.4, 0.5) is 5.82 Å². The summed E-state index contributed by atoms with van der Waals surface area (Å²) in [6.45, 7) is 4.84. The first-order chi connectivity index (χ1) is 13.0. The maximum Gasteiger partial charge on any atom is 0.239 e. The zero-order chi connectivity index (χ0) is 19.4. The van der Waals surface area contributed by atoms with Gasteiger partial charge in [0.25, 0.3) is 0 Å². The number of amides is 1. The molecular formula is C19H27Cl2N7O. The summed E-state index contributed by atoms with van der Waals surface area (Å²) in [5.41, 5.74) is 9.75. The molecule has 158 valence electrons. The Hall–Kier alpha value is -2.42. The van der Waals surface area contributed by atoms with E-state index in [1.54, 1.807) is 18.3 Å². The van der Waals surface area contributed by atoms with Crippen LogP contribution >= 0.6 is 24.8 Å². The smallest absolute Gasteiger partial charge is 0.239 e. The Kier molecular flexibility index (Phi) is 9.29. The molecule has 8 nitrogen and oxygen atoms in total. The molecule has 0 radical (unpaired) electrons. The van der Waals surface area contributed by atoms with Crippen molar-refractivity contribution in [2.24, 2.45) is 5.73 Å². The quantitative estimate of drug-likeness (QED) is 0.521. The van der Waals surface area contributed by atoms with Crippen molar-refractivity contribution in [2.75, 3.05) is 25.0 Å². The van der Waals surface area contributed by atoms with Crippen LogP contribution in [-0.4, -0.2) is 46.0 Å². The van der Waals surface area contributed by atoms with E-state index in [9.17, 15) is 4.79 Å². The third-order valence-corrected chi connectivity index (χ3v) is 4.50. The lowest BCUT2D eigenvalue weighted by Crippen LogP contribution is -2.39. The van der Waals surface area contributed by atoms with Crippen LogP contribution in [0.25, 0.3) is 11.2 Å². The highest BCUT2D eigenvalue weighted by Gasteiger charge is 2.15. The van der Waals surface area contributed by atoms with Crippen LogP contribution in [0.5, 0.6) is 0 Å². The van der Waals surface area contributed by atoms with E-state index in [4.69, 9.17) is 5.73 Å². The van der Waals surface area contributed by atoms with Crippen molar-refractivity contribution >= 4 is 47.7 Å². The number of nitrogens with one attached hydrogen (secondary N) is 2. The van der Waals surface area contributed by atoms with E-state index in [1.165, 1.54) is 11.9 Å². The largest absolute Gasteiger partial charge is 0.353 e. The van der Waals surface area contributed by atoms with Crippen molar-refractivity contribution in [1.29, 1.82) is 0 Å². The Balaban J connectivity index is 0.00000210. The van der Waals surface area contributed by atoms with Gasteiger partial charge < -0.3 is 20.9 Å². The second kappa shape index (κ2) is 10.9. The maximum absolute atomic E-state index is 12.3. The number of hydrogen-bond donors (Lipinski definition) is 3. The van der Waals surface area contributed by atoms with Gasteiger partial charge in [-0.25, -0.2) is 15.0 Å². The standard InChI is InChI=1S/C19H25N7O.2ClH/c1-12(2)13-4-6-14(7-5-13)15(20)8-21-16(27)9-26(3)19-17-18(23-10-22-17)24-11-25-19;;/h4-7,10-12,15H,8-9,20H2,1-3H3,(H,21,27)(H,22,23,24,25);2*1H. The van der Waals surface area contributed by atoms with Crippen molar-refractivity contribution < 1.29 is 4.79 Å². The number of likely N-dealkylation sites (N-methyl/N-ethyl adjacent to an activating group) is 1. The molecule has 1 amide bonds. The van der Waals surface area contributed by atoms with Crippen LogP contribution in [0.2, 0.25) is 0 Å². The van der Waals surface area contributed by atoms with E-state index in [-0.39, 0.29) is 43.3 Å². The van der Waals surface area contributed by atoms with E-state index >= 15 is 0 Å². The Bertz CT molecular complexity index is 914. The van der Waals surface area contributed by atoms with E-state index in [0.29, 0.717) is 29.4 Å². The highest BCUT2D eigenvalue weighted by molar-refractivity contribution is 5.87. The first-order valence-electron chi connectivity index (χ1n) is 8.93. The number of aromatic nitrogens is 4. The molecule has 29 heavy (non-hydrogen) atoms. The van der Waals surface area contributed by atoms with Gasteiger partial charge in [0.05, 0.1) is 12.9 Å². The Morgan fingerprint density at radius 3 is 2.45 bits per heavy atom. The number of carbonyl (C=O) groups is 1. The molecular weight excluding hydrogens is 413 g/mol. The summed E-state index contributed by atoms with van der Waals surface area (Å²) in [5, 5.41) is 2.89. The minimum Gasteiger partial charge on any atom is -0.353 e. The molecule has 0 aliphatic rings. The molecule has 4 N–H and O–H groups in total. The first-order valence-corrected chi connectivity index (χ1v) is 8.93. The first kappa shape index (κ1) is 24.6. The van der Waals surface area contributed by atoms with E-state index in [0.717, 1.165) is 5.56 Å². The van der Waals surface area contributed by atoms with Gasteiger partial charge in [-0.15, -0.1) is 24.8 Å². The van der Waals surface area contributed by atoms with Gasteiger partial charge in [-0.3, -0.25) is 4.79 Å². The van der Waals surface area contributed by atoms with Crippen molar-refractivity contribution in [3.63, 3.8) is 0 Å². The Morgan fingerprint density at radius 1 is 1.14 bits per heavy atom. The van der Waals surface area contributed by atoms with Crippen LogP contribution in [0, 0.1) is 0 Å². The number of hydrogen-bond acceptors (Lipinski definition) is 6. The molecule has 1 aromatic carbocycles. The van der Waals surface area contributed by atoms with E-state index in [2.05, 4.69) is 51.2 Å². The van der Waals surface area contributed by atoms with Gasteiger partial charge in [-0.2, -0.15) is 0 Å². The maximum atomic E-state index is 12.3. The highest BCUT2D eigenvalue weighted by Crippen LogP contribution is 2.18. The molecule has 10 heteroatoms. The number of imidazole rings is 1. The summed E-state index contributed by atoms with van der Waals surface area (Å²) in [7, 11) is 1.80. The molecule has 1 atom stereocenters. The van der Waals surface area contributed by atoms with Crippen molar-refractivity contribution in [1.82, 2.24) is 25.3 Å². The monoisotopic (exact) mass is 439 g/mol. The minimum atomic E-state index is -0.251. The molecule has 0 saturated carbocycles. The fourth-order valence-corrected chi connectivity index (χ4v) is 2.86. The lowest BCUT2D eigenvalue weighted by Gasteiger charge is -2.19. The van der Waals surface area contributed by atoms with Gasteiger partial charge >= 0.3 is 0 Å². The highest BCUT2D eigenvalue weighted by atomic mass is 35.5. The van der Waals surface area contributed by atoms with Gasteiger partial charge in [0.2, 0.25) is 5.91 Å². The molecule has 0 aliphatic carbocycles. The normalized spacial score (nSPS) is 11.5. The fraction of sp³-hybridized carbons (Fsp3) is 0.368. The third-order valence-electron chi connectivity index (χ3n) is 4.50. The molecule has 0 saturated heterocycles. The number of benzene rings is 1. The Morgan fingerprint density at radius 2 is 1.79 bits per heavy atom. The molecule has 0 fully saturated rings. The number of rotatable bonds is 7. The zero-order valence-electron chi connectivity index (χ0n) is 16.6. The number of anilines is 1. The lowest BCUT2D eigenvalue weighted by atomic mass is 9.99. The van der Waals surface area contributed by atoms with Crippen molar-refractivity contribution in [2.45, 2.75) is 25.8 Å². The SMILES string of the molecule is CC(C)c1ccc(C(N)CNC(=O)CN(C)c2ncnc3nc[nH]c23)cc1.Cl.Cl. The van der Waals surface area contributed by atoms with Gasteiger partial charge in [0.15, 0.2) is 11.5 Å². The molecule has 2 aromatic heterocycles. The Labute approximate surface area is 182 Å². The second-order valence-electron chi connectivity index (χ2n) is 6.89. The minimum absolute atomic E-state index is 0. The second-order valence-corrected chi connectivity index (χ2v) is 6.89. The topological polar surface area (TPSA) is 113 Å². The van der Waals surface area contributed by atoms with Crippen LogP contribution in [0.15, 0.2) is 36.9 Å². The van der Waals surface area contributed by atoms with Gasteiger partial charge in [0.1, 0.15) is 11.8 Å². The number of H-pyrrole nitrogens is 1. The summed E-state index contributed by atoms with van der Waals surface area (Å²) in [6, 6.07) is 7.96.